The maximum atomic E-state index is 10.9. The molecule has 1 unspecified atom stereocenters. The number of rotatable bonds is 3. The van der Waals surface area contributed by atoms with E-state index < -0.39 is 5.77 Å². The first kappa shape index (κ1) is 12.8. The summed E-state index contributed by atoms with van der Waals surface area (Å²) in [6.45, 7) is 0. The van der Waals surface area contributed by atoms with Gasteiger partial charge in [-0.25, -0.2) is 0 Å². The Kier molecular flexibility index (Phi) is 4.69. The van der Waals surface area contributed by atoms with Crippen molar-refractivity contribution < 1.29 is 9.46 Å². The zero-order chi connectivity index (χ0) is 10.8. The van der Waals surface area contributed by atoms with Crippen LogP contribution in [0.15, 0.2) is 18.2 Å². The van der Waals surface area contributed by atoms with Crippen LogP contribution in [0.2, 0.25) is 10.0 Å². The SMILES string of the molecule is O=P(O)(S)SCc1ccc(Cl)cc1Cl. The molecular weight excluding hydrogens is 282 g/mol. The Hall–Kier alpha value is 0.690. The largest absolute Gasteiger partial charge is 0.329 e. The van der Waals surface area contributed by atoms with Crippen molar-refractivity contribution in [3.8, 4) is 0 Å². The molecule has 0 fully saturated rings. The fourth-order valence-electron chi connectivity index (χ4n) is 0.792. The van der Waals surface area contributed by atoms with Crippen LogP contribution < -0.4 is 0 Å². The molecule has 1 rings (SSSR count). The molecule has 2 nitrogen and oxygen atoms in total. The van der Waals surface area contributed by atoms with Crippen molar-refractivity contribution >= 4 is 52.6 Å². The summed E-state index contributed by atoms with van der Waals surface area (Å²) in [7, 11) is 0. The van der Waals surface area contributed by atoms with E-state index in [0.717, 1.165) is 16.9 Å². The first-order chi connectivity index (χ1) is 6.38. The van der Waals surface area contributed by atoms with E-state index in [1.54, 1.807) is 18.2 Å². The minimum Gasteiger partial charge on any atom is -0.329 e. The Bertz CT molecular complexity index is 380. The van der Waals surface area contributed by atoms with Crippen molar-refractivity contribution in [2.24, 2.45) is 0 Å². The number of halogens is 2. The average Bonchev–Trinajstić information content (AvgIpc) is 2.00. The molecule has 0 amide bonds. The van der Waals surface area contributed by atoms with Gasteiger partial charge in [0.1, 0.15) is 0 Å². The third kappa shape index (κ3) is 4.47. The molecule has 0 aromatic heterocycles. The van der Waals surface area contributed by atoms with Gasteiger partial charge in [0.2, 0.25) is 0 Å². The molecule has 0 aliphatic rings. The van der Waals surface area contributed by atoms with E-state index in [9.17, 15) is 4.57 Å². The standard InChI is InChI=1S/C7H7Cl2O2PS2/c8-6-2-1-5(7(9)3-6)4-14-12(10,11)13/h1-3H,4H2,(H2,10,11,13). The van der Waals surface area contributed by atoms with E-state index in [1.165, 1.54) is 0 Å². The predicted molar refractivity (Wildman–Crippen MR) is 66.6 cm³/mol. The molecule has 0 saturated carbocycles. The summed E-state index contributed by atoms with van der Waals surface area (Å²) in [5.74, 6) is -3.00. The summed E-state index contributed by atoms with van der Waals surface area (Å²) in [5, 5.41) is 1.04. The molecule has 0 bridgehead atoms. The smallest absolute Gasteiger partial charge is 0.308 e. The lowest BCUT2D eigenvalue weighted by Gasteiger charge is -2.05. The van der Waals surface area contributed by atoms with Gasteiger partial charge in [0.05, 0.1) is 0 Å². The van der Waals surface area contributed by atoms with Crippen LogP contribution in [0, 0.1) is 0 Å². The fraction of sp³-hybridized carbons (Fsp3) is 0.143. The van der Waals surface area contributed by atoms with Crippen molar-refractivity contribution in [2.75, 3.05) is 0 Å². The van der Waals surface area contributed by atoms with Gasteiger partial charge < -0.3 is 4.89 Å². The Morgan fingerprint density at radius 3 is 2.64 bits per heavy atom. The molecule has 0 aliphatic heterocycles. The van der Waals surface area contributed by atoms with Crippen LogP contribution in [0.3, 0.4) is 0 Å². The highest BCUT2D eigenvalue weighted by atomic mass is 35.5. The Labute approximate surface area is 101 Å². The first-order valence-corrected chi connectivity index (χ1v) is 8.68. The monoisotopic (exact) mass is 288 g/mol. The van der Waals surface area contributed by atoms with Crippen LogP contribution in [-0.4, -0.2) is 4.89 Å². The Morgan fingerprint density at radius 2 is 2.14 bits per heavy atom. The van der Waals surface area contributed by atoms with Crippen molar-refractivity contribution in [2.45, 2.75) is 5.75 Å². The van der Waals surface area contributed by atoms with Crippen molar-refractivity contribution in [3.05, 3.63) is 33.8 Å². The van der Waals surface area contributed by atoms with Crippen LogP contribution in [0.4, 0.5) is 0 Å². The molecule has 1 aromatic carbocycles. The second kappa shape index (κ2) is 5.15. The van der Waals surface area contributed by atoms with Crippen molar-refractivity contribution in [1.82, 2.24) is 0 Å². The van der Waals surface area contributed by atoms with E-state index in [1.807, 2.05) is 0 Å². The van der Waals surface area contributed by atoms with Crippen LogP contribution in [-0.2, 0) is 10.3 Å². The normalized spacial score (nSPS) is 15.1. The molecule has 0 radical (unpaired) electrons. The zero-order valence-corrected chi connectivity index (χ0v) is 11.0. The van der Waals surface area contributed by atoms with E-state index in [2.05, 4.69) is 12.2 Å². The lowest BCUT2D eigenvalue weighted by molar-refractivity contribution is 0.514. The third-order valence-corrected chi connectivity index (χ3v) is 5.20. The topological polar surface area (TPSA) is 37.3 Å². The highest BCUT2D eigenvalue weighted by Crippen LogP contribution is 2.60. The second-order valence-corrected chi connectivity index (χ2v) is 9.57. The molecule has 1 N–H and O–H groups in total. The minimum atomic E-state index is -3.34. The molecule has 0 aliphatic carbocycles. The van der Waals surface area contributed by atoms with Crippen LogP contribution in [0.1, 0.15) is 5.56 Å². The van der Waals surface area contributed by atoms with Gasteiger partial charge in [0.15, 0.2) is 0 Å². The lowest BCUT2D eigenvalue weighted by atomic mass is 10.2. The molecule has 1 aromatic rings. The van der Waals surface area contributed by atoms with Gasteiger partial charge >= 0.3 is 5.77 Å². The highest BCUT2D eigenvalue weighted by molar-refractivity contribution is 8.84. The third-order valence-electron chi connectivity index (χ3n) is 1.40. The highest BCUT2D eigenvalue weighted by Gasteiger charge is 2.13. The fourth-order valence-corrected chi connectivity index (χ4v) is 3.35. The summed E-state index contributed by atoms with van der Waals surface area (Å²) in [4.78, 5) is 8.94. The van der Waals surface area contributed by atoms with Crippen LogP contribution in [0.5, 0.6) is 0 Å². The summed E-state index contributed by atoms with van der Waals surface area (Å²) >= 11 is 16.0. The summed E-state index contributed by atoms with van der Waals surface area (Å²) < 4.78 is 10.9. The van der Waals surface area contributed by atoms with Gasteiger partial charge in [-0.3, -0.25) is 4.57 Å². The summed E-state index contributed by atoms with van der Waals surface area (Å²) in [5.41, 5.74) is 0.768. The van der Waals surface area contributed by atoms with Gasteiger partial charge in [0.25, 0.3) is 0 Å². The molecule has 78 valence electrons. The summed E-state index contributed by atoms with van der Waals surface area (Å²) in [6, 6.07) is 5.01. The lowest BCUT2D eigenvalue weighted by Crippen LogP contribution is -1.81. The van der Waals surface area contributed by atoms with Gasteiger partial charge in [-0.15, -0.1) is 0 Å². The molecule has 1 atom stereocenters. The number of hydrogen-bond acceptors (Lipinski definition) is 2. The molecule has 0 heterocycles. The van der Waals surface area contributed by atoms with Crippen molar-refractivity contribution in [1.29, 1.82) is 0 Å². The zero-order valence-electron chi connectivity index (χ0n) is 6.85. The number of hydrogen-bond donors (Lipinski definition) is 2. The summed E-state index contributed by atoms with van der Waals surface area (Å²) in [6.07, 6.45) is 0. The maximum Gasteiger partial charge on any atom is 0.308 e. The van der Waals surface area contributed by atoms with E-state index in [0.29, 0.717) is 15.8 Å². The van der Waals surface area contributed by atoms with E-state index in [-0.39, 0.29) is 0 Å². The van der Waals surface area contributed by atoms with Crippen LogP contribution in [0.25, 0.3) is 0 Å². The van der Waals surface area contributed by atoms with Gasteiger partial charge in [0, 0.05) is 15.8 Å². The van der Waals surface area contributed by atoms with Gasteiger partial charge in [-0.1, -0.05) is 52.9 Å². The predicted octanol–water partition coefficient (Wildman–Crippen LogP) is 4.26. The number of benzene rings is 1. The maximum absolute atomic E-state index is 10.9. The molecule has 7 heteroatoms. The molecule has 0 saturated heterocycles. The van der Waals surface area contributed by atoms with E-state index >= 15 is 0 Å². The van der Waals surface area contributed by atoms with Crippen molar-refractivity contribution in [3.63, 3.8) is 0 Å². The molecular formula is C7H7Cl2O2PS2. The van der Waals surface area contributed by atoms with Gasteiger partial charge in [-0.05, 0) is 17.7 Å². The first-order valence-electron chi connectivity index (χ1n) is 3.52. The molecule has 0 spiro atoms. The average molecular weight is 289 g/mol. The number of thiol groups is 1. The Balaban J connectivity index is 2.73. The quantitative estimate of drug-likeness (QED) is 0.645. The van der Waals surface area contributed by atoms with Gasteiger partial charge in [-0.2, -0.15) is 0 Å². The van der Waals surface area contributed by atoms with Crippen LogP contribution >= 0.6 is 52.6 Å². The second-order valence-electron chi connectivity index (χ2n) is 2.50. The minimum absolute atomic E-state index is 0.341. The Morgan fingerprint density at radius 1 is 1.50 bits per heavy atom. The van der Waals surface area contributed by atoms with E-state index in [4.69, 9.17) is 28.1 Å². The molecule has 14 heavy (non-hydrogen) atoms.